The second kappa shape index (κ2) is 7.30. The van der Waals surface area contributed by atoms with Crippen LogP contribution in [0.1, 0.15) is 41.4 Å². The fourth-order valence-electron chi connectivity index (χ4n) is 4.33. The quantitative estimate of drug-likeness (QED) is 0.787. The zero-order chi connectivity index (χ0) is 19.9. The molecule has 0 aliphatic carbocycles. The third-order valence-electron chi connectivity index (χ3n) is 5.77. The van der Waals surface area contributed by atoms with E-state index < -0.39 is 5.97 Å². The van der Waals surface area contributed by atoms with E-state index in [1.54, 1.807) is 6.07 Å². The molecule has 0 amide bonds. The zero-order valence-corrected chi connectivity index (χ0v) is 16.9. The number of rotatable bonds is 3. The molecule has 4 rings (SSSR count). The first kappa shape index (κ1) is 19.1. The van der Waals surface area contributed by atoms with Crippen LogP contribution in [0.2, 0.25) is 5.02 Å². The van der Waals surface area contributed by atoms with E-state index in [0.29, 0.717) is 6.42 Å². The molecule has 6 heteroatoms. The molecule has 0 spiro atoms. The fraction of sp³-hybridized carbons (Fsp3) is 0.409. The summed E-state index contributed by atoms with van der Waals surface area (Å²) in [4.78, 5) is 14.1. The minimum atomic E-state index is -0.979. The van der Waals surface area contributed by atoms with Crippen molar-refractivity contribution in [1.82, 2.24) is 0 Å². The van der Waals surface area contributed by atoms with Crippen LogP contribution in [-0.4, -0.2) is 37.4 Å². The molecular weight excluding hydrogens is 376 g/mol. The highest BCUT2D eigenvalue weighted by atomic mass is 35.5. The van der Waals surface area contributed by atoms with Crippen molar-refractivity contribution < 1.29 is 14.6 Å². The van der Waals surface area contributed by atoms with Crippen LogP contribution < -0.4 is 10.2 Å². The minimum Gasteiger partial charge on any atom is -0.478 e. The third-order valence-corrected chi connectivity index (χ3v) is 6.08. The normalized spacial score (nSPS) is 21.0. The van der Waals surface area contributed by atoms with Crippen molar-refractivity contribution in [3.8, 4) is 0 Å². The van der Waals surface area contributed by atoms with Gasteiger partial charge in [0.05, 0.1) is 29.8 Å². The van der Waals surface area contributed by atoms with E-state index in [1.807, 2.05) is 6.07 Å². The number of morpholine rings is 1. The number of nitrogens with one attached hydrogen (secondary N) is 1. The second-order valence-electron chi connectivity index (χ2n) is 8.19. The molecule has 0 aromatic heterocycles. The van der Waals surface area contributed by atoms with E-state index in [-0.39, 0.29) is 22.0 Å². The molecule has 5 nitrogen and oxygen atoms in total. The van der Waals surface area contributed by atoms with E-state index in [2.05, 4.69) is 48.3 Å². The Hall–Kier alpha value is -2.24. The monoisotopic (exact) mass is 400 g/mol. The summed E-state index contributed by atoms with van der Waals surface area (Å²) in [6, 6.07) is 12.2. The number of anilines is 2. The van der Waals surface area contributed by atoms with Crippen molar-refractivity contribution >= 4 is 28.9 Å². The maximum atomic E-state index is 11.7. The Bertz CT molecular complexity index is 907. The van der Waals surface area contributed by atoms with Crippen molar-refractivity contribution in [2.24, 2.45) is 5.41 Å². The number of ether oxygens (including phenoxy) is 1. The highest BCUT2D eigenvalue weighted by Crippen LogP contribution is 2.47. The smallest absolute Gasteiger partial charge is 0.337 e. The molecule has 2 aromatic carbocycles. The molecule has 1 atom stereocenters. The summed E-state index contributed by atoms with van der Waals surface area (Å²) in [6.07, 6.45) is 0.643. The minimum absolute atomic E-state index is 0.0730. The molecule has 0 saturated carbocycles. The highest BCUT2D eigenvalue weighted by molar-refractivity contribution is 6.33. The summed E-state index contributed by atoms with van der Waals surface area (Å²) in [5, 5.41) is 13.5. The molecular formula is C22H25ClN2O3. The number of carboxylic acid groups (broad SMARTS) is 1. The molecule has 2 heterocycles. The number of aromatic carboxylic acids is 1. The van der Waals surface area contributed by atoms with Gasteiger partial charge in [-0.3, -0.25) is 0 Å². The van der Waals surface area contributed by atoms with E-state index in [4.69, 9.17) is 16.3 Å². The van der Waals surface area contributed by atoms with Gasteiger partial charge in [-0.1, -0.05) is 37.6 Å². The maximum absolute atomic E-state index is 11.7. The standard InChI is InChI=1S/C22H25ClN2O3/c1-22(2)13-16-18(7-6-17(23)19(16)21(26)27)24-20(22)14-4-3-5-15(12-14)25-8-10-28-11-9-25/h3-7,12,20,24H,8-11,13H2,1-2H3,(H,26,27). The van der Waals surface area contributed by atoms with Crippen molar-refractivity contribution in [1.29, 1.82) is 0 Å². The summed E-state index contributed by atoms with van der Waals surface area (Å²) in [6.45, 7) is 7.64. The number of halogens is 1. The van der Waals surface area contributed by atoms with Gasteiger partial charge >= 0.3 is 5.97 Å². The Morgan fingerprint density at radius 2 is 2.00 bits per heavy atom. The average Bonchev–Trinajstić information content (AvgIpc) is 2.67. The van der Waals surface area contributed by atoms with E-state index >= 15 is 0 Å². The van der Waals surface area contributed by atoms with Gasteiger partial charge in [-0.05, 0) is 47.2 Å². The molecule has 148 valence electrons. The predicted molar refractivity (Wildman–Crippen MR) is 112 cm³/mol. The SMILES string of the molecule is CC1(C)Cc2c(ccc(Cl)c2C(=O)O)NC1c1cccc(N2CCOCC2)c1. The van der Waals surface area contributed by atoms with Gasteiger partial charge in [-0.25, -0.2) is 4.79 Å². The molecule has 2 N–H and O–H groups in total. The van der Waals surface area contributed by atoms with Crippen LogP contribution in [0.3, 0.4) is 0 Å². The first-order valence-corrected chi connectivity index (χ1v) is 9.98. The number of benzene rings is 2. The number of hydrogen-bond acceptors (Lipinski definition) is 4. The van der Waals surface area contributed by atoms with E-state index in [1.165, 1.54) is 11.3 Å². The van der Waals surface area contributed by atoms with Crippen molar-refractivity contribution in [2.45, 2.75) is 26.3 Å². The van der Waals surface area contributed by atoms with Crippen LogP contribution in [0.25, 0.3) is 0 Å². The predicted octanol–water partition coefficient (Wildman–Crippen LogP) is 4.61. The fourth-order valence-corrected chi connectivity index (χ4v) is 4.59. The Morgan fingerprint density at radius 1 is 1.25 bits per heavy atom. The van der Waals surface area contributed by atoms with Gasteiger partial charge < -0.3 is 20.1 Å². The van der Waals surface area contributed by atoms with Crippen LogP contribution in [0, 0.1) is 5.41 Å². The molecule has 1 saturated heterocycles. The van der Waals surface area contributed by atoms with Crippen molar-refractivity contribution in [2.75, 3.05) is 36.5 Å². The Labute approximate surface area is 170 Å². The van der Waals surface area contributed by atoms with Crippen LogP contribution in [0.4, 0.5) is 11.4 Å². The van der Waals surface area contributed by atoms with Gasteiger partial charge in [-0.2, -0.15) is 0 Å². The Balaban J connectivity index is 1.70. The van der Waals surface area contributed by atoms with Crippen LogP contribution in [-0.2, 0) is 11.2 Å². The molecule has 0 bridgehead atoms. The van der Waals surface area contributed by atoms with Gasteiger partial charge in [0.2, 0.25) is 0 Å². The van der Waals surface area contributed by atoms with Gasteiger partial charge in [0.1, 0.15) is 0 Å². The van der Waals surface area contributed by atoms with Crippen LogP contribution >= 0.6 is 11.6 Å². The second-order valence-corrected chi connectivity index (χ2v) is 8.60. The summed E-state index contributed by atoms with van der Waals surface area (Å²) < 4.78 is 5.47. The Kier molecular flexibility index (Phi) is 4.98. The largest absolute Gasteiger partial charge is 0.478 e. The Morgan fingerprint density at radius 3 is 2.71 bits per heavy atom. The van der Waals surface area contributed by atoms with Gasteiger partial charge in [-0.15, -0.1) is 0 Å². The van der Waals surface area contributed by atoms with E-state index in [0.717, 1.165) is 37.6 Å². The molecule has 2 aliphatic rings. The number of hydrogen-bond donors (Lipinski definition) is 2. The lowest BCUT2D eigenvalue weighted by Gasteiger charge is -2.42. The summed E-state index contributed by atoms with van der Waals surface area (Å²) >= 11 is 6.19. The first-order chi connectivity index (χ1) is 13.4. The highest BCUT2D eigenvalue weighted by Gasteiger charge is 2.38. The van der Waals surface area contributed by atoms with Gasteiger partial charge in [0.25, 0.3) is 0 Å². The third kappa shape index (κ3) is 3.45. The first-order valence-electron chi connectivity index (χ1n) is 9.61. The molecule has 2 aliphatic heterocycles. The maximum Gasteiger partial charge on any atom is 0.337 e. The lowest BCUT2D eigenvalue weighted by atomic mass is 9.72. The average molecular weight is 401 g/mol. The molecule has 2 aromatic rings. The van der Waals surface area contributed by atoms with Crippen LogP contribution in [0.5, 0.6) is 0 Å². The number of nitrogens with zero attached hydrogens (tertiary/aromatic N) is 1. The van der Waals surface area contributed by atoms with E-state index in [9.17, 15) is 9.90 Å². The number of carboxylic acids is 1. The number of carbonyl (C=O) groups is 1. The number of fused-ring (bicyclic) bond motifs is 1. The van der Waals surface area contributed by atoms with Crippen LogP contribution in [0.15, 0.2) is 36.4 Å². The molecule has 28 heavy (non-hydrogen) atoms. The summed E-state index contributed by atoms with van der Waals surface area (Å²) in [7, 11) is 0. The van der Waals surface area contributed by atoms with Crippen molar-refractivity contribution in [3.63, 3.8) is 0 Å². The summed E-state index contributed by atoms with van der Waals surface area (Å²) in [5.74, 6) is -0.979. The lowest BCUT2D eigenvalue weighted by molar-refractivity contribution is 0.0695. The molecule has 0 radical (unpaired) electrons. The lowest BCUT2D eigenvalue weighted by Crippen LogP contribution is -2.37. The zero-order valence-electron chi connectivity index (χ0n) is 16.2. The van der Waals surface area contributed by atoms with Gasteiger partial charge in [0, 0.05) is 24.5 Å². The molecule has 1 unspecified atom stereocenters. The summed E-state index contributed by atoms with van der Waals surface area (Å²) in [5.41, 5.74) is 4.07. The molecule has 1 fully saturated rings. The van der Waals surface area contributed by atoms with Crippen molar-refractivity contribution in [3.05, 3.63) is 58.1 Å². The topological polar surface area (TPSA) is 61.8 Å². The van der Waals surface area contributed by atoms with Gasteiger partial charge in [0.15, 0.2) is 0 Å².